The number of hydrogen-bond acceptors (Lipinski definition) is 4. The molecule has 0 aliphatic heterocycles. The second kappa shape index (κ2) is 7.70. The monoisotopic (exact) mass is 358 g/mol. The molecule has 1 aromatic carbocycles. The average Bonchev–Trinajstić information content (AvgIpc) is 2.48. The minimum atomic E-state index is -4.53. The van der Waals surface area contributed by atoms with Crippen molar-refractivity contribution in [3.63, 3.8) is 0 Å². The van der Waals surface area contributed by atoms with Gasteiger partial charge >= 0.3 is 6.18 Å². The van der Waals surface area contributed by atoms with Crippen molar-refractivity contribution in [1.29, 1.82) is 0 Å². The van der Waals surface area contributed by atoms with E-state index in [0.29, 0.717) is 11.7 Å². The van der Waals surface area contributed by atoms with Gasteiger partial charge in [-0.15, -0.1) is 0 Å². The number of benzene rings is 1. The summed E-state index contributed by atoms with van der Waals surface area (Å²) in [7, 11) is 0. The lowest BCUT2D eigenvalue weighted by Gasteiger charge is -2.14. The van der Waals surface area contributed by atoms with Crippen LogP contribution in [0.3, 0.4) is 0 Å². The Hall–Kier alpha value is -2.02. The molecule has 0 spiro atoms. The van der Waals surface area contributed by atoms with E-state index in [2.05, 4.69) is 34.4 Å². The first-order chi connectivity index (χ1) is 11.3. The number of aromatic nitrogens is 2. The lowest BCUT2D eigenvalue weighted by atomic mass is 10.1. The van der Waals surface area contributed by atoms with Gasteiger partial charge < -0.3 is 10.6 Å². The maximum atomic E-state index is 13.1. The van der Waals surface area contributed by atoms with Crippen molar-refractivity contribution in [1.82, 2.24) is 9.97 Å². The molecule has 2 rings (SSSR count). The molecule has 1 aromatic heterocycles. The Morgan fingerprint density at radius 3 is 2.62 bits per heavy atom. The summed E-state index contributed by atoms with van der Waals surface area (Å²) in [4.78, 5) is 8.14. The van der Waals surface area contributed by atoms with Crippen LogP contribution in [0, 0.1) is 5.92 Å². The molecular formula is C16H18ClF3N4. The van der Waals surface area contributed by atoms with E-state index in [0.717, 1.165) is 19.0 Å². The lowest BCUT2D eigenvalue weighted by Crippen LogP contribution is -2.11. The fourth-order valence-electron chi connectivity index (χ4n) is 1.99. The third-order valence-electron chi connectivity index (χ3n) is 3.22. The summed E-state index contributed by atoms with van der Waals surface area (Å²) >= 11 is 5.66. The van der Waals surface area contributed by atoms with E-state index in [-0.39, 0.29) is 16.7 Å². The topological polar surface area (TPSA) is 49.8 Å². The number of anilines is 3. The van der Waals surface area contributed by atoms with Crippen molar-refractivity contribution in [3.8, 4) is 0 Å². The maximum Gasteiger partial charge on any atom is 0.418 e. The Morgan fingerprint density at radius 2 is 1.96 bits per heavy atom. The molecule has 0 saturated carbocycles. The van der Waals surface area contributed by atoms with Gasteiger partial charge in [-0.2, -0.15) is 18.2 Å². The van der Waals surface area contributed by atoms with Crippen molar-refractivity contribution < 1.29 is 13.2 Å². The van der Waals surface area contributed by atoms with E-state index in [1.807, 2.05) is 0 Å². The third-order valence-corrected chi connectivity index (χ3v) is 3.45. The summed E-state index contributed by atoms with van der Waals surface area (Å²) < 4.78 is 39.3. The van der Waals surface area contributed by atoms with Crippen LogP contribution in [0.2, 0.25) is 5.02 Å². The van der Waals surface area contributed by atoms with Gasteiger partial charge in [0, 0.05) is 17.8 Å². The van der Waals surface area contributed by atoms with E-state index < -0.39 is 11.7 Å². The lowest BCUT2D eigenvalue weighted by molar-refractivity contribution is -0.136. The molecule has 2 aromatic rings. The molecular weight excluding hydrogens is 341 g/mol. The van der Waals surface area contributed by atoms with Gasteiger partial charge in [0.15, 0.2) is 0 Å². The molecule has 0 unspecified atom stereocenters. The predicted molar refractivity (Wildman–Crippen MR) is 89.7 cm³/mol. The smallest absolute Gasteiger partial charge is 0.370 e. The zero-order valence-corrected chi connectivity index (χ0v) is 14.0. The first-order valence-corrected chi connectivity index (χ1v) is 7.84. The Bertz CT molecular complexity index is 689. The predicted octanol–water partition coefficient (Wildman–Crippen LogP) is 5.35. The summed E-state index contributed by atoms with van der Waals surface area (Å²) in [6.07, 6.45) is -2.08. The van der Waals surface area contributed by atoms with Crippen LogP contribution < -0.4 is 10.6 Å². The van der Waals surface area contributed by atoms with Crippen LogP contribution in [-0.2, 0) is 6.18 Å². The first-order valence-electron chi connectivity index (χ1n) is 7.46. The number of alkyl halides is 3. The zero-order valence-electron chi connectivity index (χ0n) is 13.3. The quantitative estimate of drug-likeness (QED) is 0.730. The normalized spacial score (nSPS) is 11.6. The number of nitrogens with one attached hydrogen (secondary N) is 2. The van der Waals surface area contributed by atoms with Gasteiger partial charge in [0.25, 0.3) is 0 Å². The number of nitrogens with zero attached hydrogens (tertiary/aromatic N) is 2. The molecule has 0 aliphatic rings. The Kier molecular flexibility index (Phi) is 5.88. The maximum absolute atomic E-state index is 13.1. The van der Waals surface area contributed by atoms with Crippen molar-refractivity contribution >= 4 is 29.1 Å². The molecule has 0 atom stereocenters. The zero-order chi connectivity index (χ0) is 17.7. The minimum Gasteiger partial charge on any atom is -0.370 e. The van der Waals surface area contributed by atoms with Crippen molar-refractivity contribution in [2.75, 3.05) is 17.2 Å². The molecule has 1 heterocycles. The third kappa shape index (κ3) is 5.26. The number of halogens is 4. The summed E-state index contributed by atoms with van der Waals surface area (Å²) in [5.41, 5.74) is -1.01. The molecule has 8 heteroatoms. The highest BCUT2D eigenvalue weighted by molar-refractivity contribution is 6.30. The van der Waals surface area contributed by atoms with E-state index in [1.54, 1.807) is 6.07 Å². The van der Waals surface area contributed by atoms with Gasteiger partial charge in [-0.3, -0.25) is 0 Å². The Morgan fingerprint density at radius 1 is 1.21 bits per heavy atom. The Balaban J connectivity index is 2.17. The van der Waals surface area contributed by atoms with Gasteiger partial charge in [0.1, 0.15) is 5.82 Å². The van der Waals surface area contributed by atoms with Gasteiger partial charge in [0.05, 0.1) is 11.3 Å². The van der Waals surface area contributed by atoms with Crippen molar-refractivity contribution in [3.05, 3.63) is 41.0 Å². The van der Waals surface area contributed by atoms with Crippen molar-refractivity contribution in [2.24, 2.45) is 5.92 Å². The number of rotatable bonds is 6. The summed E-state index contributed by atoms with van der Waals surface area (Å²) in [5, 5.41) is 5.74. The van der Waals surface area contributed by atoms with Crippen molar-refractivity contribution in [2.45, 2.75) is 26.4 Å². The van der Waals surface area contributed by atoms with E-state index in [1.165, 1.54) is 18.3 Å². The van der Waals surface area contributed by atoms with Gasteiger partial charge in [-0.25, -0.2) is 4.98 Å². The highest BCUT2D eigenvalue weighted by atomic mass is 35.5. The first kappa shape index (κ1) is 18.3. The fraction of sp³-hybridized carbons (Fsp3) is 0.375. The molecule has 0 saturated heterocycles. The molecule has 0 radical (unpaired) electrons. The Labute approximate surface area is 143 Å². The molecule has 2 N–H and O–H groups in total. The molecule has 4 nitrogen and oxygen atoms in total. The summed E-state index contributed by atoms with van der Waals surface area (Å²) in [6.45, 7) is 4.94. The highest BCUT2D eigenvalue weighted by Gasteiger charge is 2.34. The second-order valence-electron chi connectivity index (χ2n) is 5.69. The van der Waals surface area contributed by atoms with Crippen LogP contribution in [0.5, 0.6) is 0 Å². The fourth-order valence-corrected chi connectivity index (χ4v) is 2.16. The van der Waals surface area contributed by atoms with Gasteiger partial charge in [0.2, 0.25) is 5.95 Å². The molecule has 0 amide bonds. The van der Waals surface area contributed by atoms with Crippen LogP contribution in [0.4, 0.5) is 30.6 Å². The molecule has 0 aliphatic carbocycles. The largest absolute Gasteiger partial charge is 0.418 e. The molecule has 24 heavy (non-hydrogen) atoms. The van der Waals surface area contributed by atoms with E-state index in [4.69, 9.17) is 11.6 Å². The van der Waals surface area contributed by atoms with Gasteiger partial charge in [-0.05, 0) is 36.6 Å². The highest BCUT2D eigenvalue weighted by Crippen LogP contribution is 2.37. The second-order valence-corrected chi connectivity index (χ2v) is 6.12. The van der Waals surface area contributed by atoms with Crippen LogP contribution >= 0.6 is 11.6 Å². The SMILES string of the molecule is CC(C)CCNc1ccnc(Nc2ccc(Cl)cc2C(F)(F)F)n1. The standard InChI is InChI=1S/C16H18ClF3N4/c1-10(2)5-7-21-14-6-8-22-15(24-14)23-13-4-3-11(17)9-12(13)16(18,19)20/h3-4,6,8-10H,5,7H2,1-2H3,(H2,21,22,23,24). The van der Waals surface area contributed by atoms with Crippen LogP contribution in [-0.4, -0.2) is 16.5 Å². The van der Waals surface area contributed by atoms with E-state index >= 15 is 0 Å². The molecule has 0 bridgehead atoms. The summed E-state index contributed by atoms with van der Waals surface area (Å²) in [6, 6.07) is 5.17. The van der Waals surface area contributed by atoms with Crippen LogP contribution in [0.1, 0.15) is 25.8 Å². The van der Waals surface area contributed by atoms with Crippen LogP contribution in [0.15, 0.2) is 30.5 Å². The average molecular weight is 359 g/mol. The number of hydrogen-bond donors (Lipinski definition) is 2. The van der Waals surface area contributed by atoms with Crippen LogP contribution in [0.25, 0.3) is 0 Å². The molecule has 0 fully saturated rings. The van der Waals surface area contributed by atoms with Gasteiger partial charge in [-0.1, -0.05) is 25.4 Å². The minimum absolute atomic E-state index is 0.0119. The summed E-state index contributed by atoms with van der Waals surface area (Å²) in [5.74, 6) is 1.17. The van der Waals surface area contributed by atoms with E-state index in [9.17, 15) is 13.2 Å². The molecule has 130 valence electrons.